The van der Waals surface area contributed by atoms with Crippen LogP contribution in [0.25, 0.3) is 0 Å². The van der Waals surface area contributed by atoms with E-state index in [1.54, 1.807) is 40.7 Å². The van der Waals surface area contributed by atoms with Crippen LogP contribution in [0.3, 0.4) is 0 Å². The van der Waals surface area contributed by atoms with Crippen LogP contribution in [0.1, 0.15) is 74.1 Å². The molecule has 2 rings (SSSR count). The lowest BCUT2D eigenvalue weighted by atomic mass is 9.91. The molecule has 0 unspecified atom stereocenters. The number of amides is 2. The standard InChI is InChI=1S/C30H41F5N2O7/c1-28(2,3)44-26(39)36-14-29(4,5)15-41-16-30(6,7)37-25(38)17-10-8-9-11-18(13-12-17)42-27(40)43-24-22(34)20(32)19(31)21(33)23(24)35/h9,11,17-18H,8,10,12-16H2,1-7H3,(H,36,39)(H,37,38)/b11-9+/t17-,18+/m0/s1. The minimum atomic E-state index is -2.39. The van der Waals surface area contributed by atoms with Crippen LogP contribution in [0.5, 0.6) is 5.75 Å². The summed E-state index contributed by atoms with van der Waals surface area (Å²) in [5, 5.41) is 5.68. The lowest BCUT2D eigenvalue weighted by molar-refractivity contribution is -0.128. The molecule has 1 aliphatic carbocycles. The molecule has 2 amide bonds. The molecule has 44 heavy (non-hydrogen) atoms. The molecule has 2 atom stereocenters. The molecule has 1 aromatic carbocycles. The first-order valence-corrected chi connectivity index (χ1v) is 14.1. The Labute approximate surface area is 253 Å². The summed E-state index contributed by atoms with van der Waals surface area (Å²) in [6.07, 6.45) is 1.28. The lowest BCUT2D eigenvalue weighted by Gasteiger charge is -2.32. The third-order valence-electron chi connectivity index (χ3n) is 6.33. The first-order valence-electron chi connectivity index (χ1n) is 14.1. The normalized spacial score (nSPS) is 18.5. The Bertz CT molecular complexity index is 1200. The van der Waals surface area contributed by atoms with E-state index in [4.69, 9.17) is 14.2 Å². The zero-order valence-corrected chi connectivity index (χ0v) is 26.0. The molecule has 248 valence electrons. The fourth-order valence-electron chi connectivity index (χ4n) is 4.15. The van der Waals surface area contributed by atoms with Gasteiger partial charge in [0.15, 0.2) is 0 Å². The van der Waals surface area contributed by atoms with Crippen molar-refractivity contribution in [2.75, 3.05) is 19.8 Å². The van der Waals surface area contributed by atoms with Crippen LogP contribution in [0.2, 0.25) is 0 Å². The molecule has 1 aliphatic rings. The number of benzene rings is 1. The van der Waals surface area contributed by atoms with Crippen LogP contribution in [-0.4, -0.2) is 55.2 Å². The van der Waals surface area contributed by atoms with Crippen molar-refractivity contribution in [1.82, 2.24) is 10.6 Å². The van der Waals surface area contributed by atoms with Crippen molar-refractivity contribution in [2.24, 2.45) is 11.3 Å². The summed E-state index contributed by atoms with van der Waals surface area (Å²) in [5.41, 5.74) is -1.79. The Hall–Kier alpha value is -3.42. The van der Waals surface area contributed by atoms with Crippen molar-refractivity contribution in [3.63, 3.8) is 0 Å². The molecule has 0 spiro atoms. The Morgan fingerprint density at radius 3 is 2.02 bits per heavy atom. The number of nitrogens with one attached hydrogen (secondary N) is 2. The number of allylic oxidation sites excluding steroid dienone is 1. The van der Waals surface area contributed by atoms with E-state index in [-0.39, 0.29) is 32.0 Å². The molecule has 0 radical (unpaired) electrons. The highest BCUT2D eigenvalue weighted by Gasteiger charge is 2.31. The van der Waals surface area contributed by atoms with E-state index in [0.717, 1.165) is 0 Å². The molecule has 1 aromatic rings. The number of rotatable bonds is 10. The molecule has 0 saturated carbocycles. The van der Waals surface area contributed by atoms with Crippen molar-refractivity contribution in [2.45, 2.75) is 91.4 Å². The predicted octanol–water partition coefficient (Wildman–Crippen LogP) is 6.47. The maximum atomic E-state index is 13.8. The van der Waals surface area contributed by atoms with Gasteiger partial charge in [0, 0.05) is 17.9 Å². The molecule has 0 saturated heterocycles. The van der Waals surface area contributed by atoms with Gasteiger partial charge in [0.1, 0.15) is 11.7 Å². The number of hydrogen-bond acceptors (Lipinski definition) is 7. The molecule has 0 fully saturated rings. The van der Waals surface area contributed by atoms with Gasteiger partial charge in [-0.3, -0.25) is 4.79 Å². The smallest absolute Gasteiger partial charge is 0.444 e. The van der Waals surface area contributed by atoms with Crippen LogP contribution < -0.4 is 15.4 Å². The fourth-order valence-corrected chi connectivity index (χ4v) is 4.15. The second-order valence-electron chi connectivity index (χ2n) is 13.1. The zero-order chi connectivity index (χ0) is 33.5. The molecule has 0 aliphatic heterocycles. The molecule has 0 bridgehead atoms. The molecule has 9 nitrogen and oxygen atoms in total. The Balaban J connectivity index is 1.87. The summed E-state index contributed by atoms with van der Waals surface area (Å²) in [5.74, 6) is -14.1. The first kappa shape index (κ1) is 36.8. The molecule has 0 aromatic heterocycles. The van der Waals surface area contributed by atoms with Gasteiger partial charge >= 0.3 is 12.2 Å². The van der Waals surface area contributed by atoms with E-state index in [9.17, 15) is 36.3 Å². The third kappa shape index (κ3) is 11.6. The van der Waals surface area contributed by atoms with Gasteiger partial charge in [-0.2, -0.15) is 8.78 Å². The van der Waals surface area contributed by atoms with E-state index in [0.29, 0.717) is 19.4 Å². The monoisotopic (exact) mass is 636 g/mol. The van der Waals surface area contributed by atoms with E-state index in [2.05, 4.69) is 15.4 Å². The fraction of sp³-hybridized carbons (Fsp3) is 0.633. The zero-order valence-electron chi connectivity index (χ0n) is 26.0. The highest BCUT2D eigenvalue weighted by atomic mass is 19.2. The van der Waals surface area contributed by atoms with Gasteiger partial charge in [-0.15, -0.1) is 0 Å². The third-order valence-corrected chi connectivity index (χ3v) is 6.33. The average molecular weight is 637 g/mol. The second-order valence-corrected chi connectivity index (χ2v) is 13.1. The highest BCUT2D eigenvalue weighted by molar-refractivity contribution is 5.79. The largest absolute Gasteiger partial charge is 0.514 e. The molecule has 14 heteroatoms. The average Bonchev–Trinajstić information content (AvgIpc) is 2.88. The maximum absolute atomic E-state index is 13.8. The quantitative estimate of drug-likeness (QED) is 0.0756. The predicted molar refractivity (Wildman–Crippen MR) is 149 cm³/mol. The van der Waals surface area contributed by atoms with E-state index >= 15 is 0 Å². The van der Waals surface area contributed by atoms with Gasteiger partial charge in [-0.05, 0) is 66.4 Å². The van der Waals surface area contributed by atoms with E-state index in [1.807, 2.05) is 13.8 Å². The number of alkyl carbamates (subject to hydrolysis) is 1. The van der Waals surface area contributed by atoms with Crippen LogP contribution >= 0.6 is 0 Å². The van der Waals surface area contributed by atoms with Gasteiger partial charge in [-0.25, -0.2) is 22.8 Å². The van der Waals surface area contributed by atoms with Gasteiger partial charge in [0.05, 0.1) is 18.8 Å². The molecular formula is C30H41F5N2O7. The van der Waals surface area contributed by atoms with Crippen molar-refractivity contribution in [3.05, 3.63) is 41.2 Å². The van der Waals surface area contributed by atoms with Crippen LogP contribution in [0.4, 0.5) is 31.5 Å². The van der Waals surface area contributed by atoms with Gasteiger partial charge in [0.2, 0.25) is 40.7 Å². The SMILES string of the molecule is CC(C)(CNC(=O)OC(C)(C)C)COCC(C)(C)NC(=O)[C@H]1CC/C=C/[C@@H](OC(=O)Oc2c(F)c(F)c(F)c(F)c2F)CC1. The number of carbonyl (C=O) groups is 3. The molecule has 0 heterocycles. The van der Waals surface area contributed by atoms with Gasteiger partial charge in [0.25, 0.3) is 0 Å². The van der Waals surface area contributed by atoms with Crippen molar-refractivity contribution < 1.29 is 55.3 Å². The number of carbonyl (C=O) groups excluding carboxylic acids is 3. The summed E-state index contributed by atoms with van der Waals surface area (Å²) < 4.78 is 88.2. The van der Waals surface area contributed by atoms with Gasteiger partial charge < -0.3 is 29.6 Å². The Morgan fingerprint density at radius 1 is 0.841 bits per heavy atom. The molecular weight excluding hydrogens is 595 g/mol. The first-order chi connectivity index (χ1) is 20.2. The summed E-state index contributed by atoms with van der Waals surface area (Å²) in [6, 6.07) is 0. The van der Waals surface area contributed by atoms with E-state index in [1.165, 1.54) is 6.08 Å². The Kier molecular flexibility index (Phi) is 12.6. The summed E-state index contributed by atoms with van der Waals surface area (Å²) >= 11 is 0. The minimum absolute atomic E-state index is 0.122. The number of halogens is 5. The van der Waals surface area contributed by atoms with Crippen LogP contribution in [0, 0.1) is 40.4 Å². The number of ether oxygens (including phenoxy) is 4. The second kappa shape index (κ2) is 15.0. The van der Waals surface area contributed by atoms with Crippen molar-refractivity contribution in [1.29, 1.82) is 0 Å². The topological polar surface area (TPSA) is 112 Å². The molecule has 2 N–H and O–H groups in total. The van der Waals surface area contributed by atoms with Crippen molar-refractivity contribution in [3.8, 4) is 5.75 Å². The Morgan fingerprint density at radius 2 is 1.43 bits per heavy atom. The highest BCUT2D eigenvalue weighted by Crippen LogP contribution is 2.30. The summed E-state index contributed by atoms with van der Waals surface area (Å²) in [4.78, 5) is 37.2. The van der Waals surface area contributed by atoms with Gasteiger partial charge in [-0.1, -0.05) is 19.9 Å². The van der Waals surface area contributed by atoms with Crippen LogP contribution in [0.15, 0.2) is 12.2 Å². The minimum Gasteiger partial charge on any atom is -0.444 e. The summed E-state index contributed by atoms with van der Waals surface area (Å²) in [6.45, 7) is 13.5. The summed E-state index contributed by atoms with van der Waals surface area (Å²) in [7, 11) is 0. The van der Waals surface area contributed by atoms with Crippen LogP contribution in [-0.2, 0) is 19.0 Å². The lowest BCUT2D eigenvalue weighted by Crippen LogP contribution is -2.50. The van der Waals surface area contributed by atoms with E-state index < -0.39 is 75.7 Å². The maximum Gasteiger partial charge on any atom is 0.514 e. The van der Waals surface area contributed by atoms with Crippen molar-refractivity contribution >= 4 is 18.2 Å². The number of hydrogen-bond donors (Lipinski definition) is 2.